The second-order valence-electron chi connectivity index (χ2n) is 6.72. The summed E-state index contributed by atoms with van der Waals surface area (Å²) in [4.78, 5) is 22.9. The van der Waals surface area contributed by atoms with Crippen molar-refractivity contribution in [2.75, 3.05) is 6.54 Å². The molecule has 116 valence electrons. The lowest BCUT2D eigenvalue weighted by atomic mass is 9.84. The molecule has 0 aliphatic rings. The van der Waals surface area contributed by atoms with Gasteiger partial charge in [-0.15, -0.1) is 0 Å². The fraction of sp³-hybridized carbons (Fsp3) is 0.529. The average molecular weight is 291 g/mol. The average Bonchev–Trinajstić information content (AvgIpc) is 2.35. The summed E-state index contributed by atoms with van der Waals surface area (Å²) in [5.74, 6) is -0.464. The molecule has 0 aliphatic carbocycles. The Hall–Kier alpha value is -1.84. The summed E-state index contributed by atoms with van der Waals surface area (Å²) in [6.07, 6.45) is 1.25. The van der Waals surface area contributed by atoms with Gasteiger partial charge in [0.05, 0.1) is 12.0 Å². The first kappa shape index (κ1) is 17.2. The summed E-state index contributed by atoms with van der Waals surface area (Å²) >= 11 is 0. The first-order valence-corrected chi connectivity index (χ1v) is 7.28. The first-order valence-electron chi connectivity index (χ1n) is 7.28. The van der Waals surface area contributed by atoms with Crippen LogP contribution < -0.4 is 5.32 Å². The van der Waals surface area contributed by atoms with Crippen molar-refractivity contribution in [1.82, 2.24) is 5.32 Å². The van der Waals surface area contributed by atoms with Gasteiger partial charge in [0, 0.05) is 6.54 Å². The van der Waals surface area contributed by atoms with Crippen LogP contribution in [0.4, 0.5) is 0 Å². The minimum atomic E-state index is -0.977. The van der Waals surface area contributed by atoms with Crippen LogP contribution in [0, 0.1) is 11.3 Å². The van der Waals surface area contributed by atoms with Gasteiger partial charge in [-0.3, -0.25) is 4.79 Å². The van der Waals surface area contributed by atoms with Crippen molar-refractivity contribution < 1.29 is 14.7 Å². The van der Waals surface area contributed by atoms with Crippen LogP contribution >= 0.6 is 0 Å². The molecule has 0 aromatic heterocycles. The molecule has 0 saturated heterocycles. The number of hydrogen-bond acceptors (Lipinski definition) is 2. The summed E-state index contributed by atoms with van der Waals surface area (Å²) < 4.78 is 0. The largest absolute Gasteiger partial charge is 0.478 e. The number of nitrogens with one attached hydrogen (secondary N) is 1. The molecular weight excluding hydrogens is 266 g/mol. The van der Waals surface area contributed by atoms with Gasteiger partial charge in [0.25, 0.3) is 0 Å². The van der Waals surface area contributed by atoms with E-state index in [0.29, 0.717) is 18.0 Å². The van der Waals surface area contributed by atoms with Gasteiger partial charge in [-0.1, -0.05) is 39.8 Å². The summed E-state index contributed by atoms with van der Waals surface area (Å²) in [7, 11) is 0. The van der Waals surface area contributed by atoms with E-state index in [0.717, 1.165) is 6.42 Å². The Morgan fingerprint density at radius 1 is 1.29 bits per heavy atom. The van der Waals surface area contributed by atoms with E-state index in [9.17, 15) is 9.59 Å². The number of benzene rings is 1. The van der Waals surface area contributed by atoms with E-state index in [-0.39, 0.29) is 23.3 Å². The molecule has 0 radical (unpaired) electrons. The molecule has 0 atom stereocenters. The zero-order chi connectivity index (χ0) is 16.0. The number of carboxylic acid groups (broad SMARTS) is 1. The Balaban J connectivity index is 2.54. The van der Waals surface area contributed by atoms with E-state index in [1.165, 1.54) is 6.07 Å². The summed E-state index contributed by atoms with van der Waals surface area (Å²) in [5, 5.41) is 11.9. The maximum Gasteiger partial charge on any atom is 0.335 e. The first-order chi connectivity index (χ1) is 9.69. The van der Waals surface area contributed by atoms with Gasteiger partial charge in [-0.05, 0) is 35.4 Å². The zero-order valence-electron chi connectivity index (χ0n) is 13.3. The normalized spacial score (nSPS) is 11.5. The van der Waals surface area contributed by atoms with Crippen molar-refractivity contribution in [3.05, 3.63) is 35.4 Å². The minimum Gasteiger partial charge on any atom is -0.478 e. The topological polar surface area (TPSA) is 66.4 Å². The lowest BCUT2D eigenvalue weighted by Gasteiger charge is -2.27. The van der Waals surface area contributed by atoms with Crippen molar-refractivity contribution >= 4 is 11.9 Å². The van der Waals surface area contributed by atoms with Crippen molar-refractivity contribution in [2.45, 2.75) is 40.5 Å². The van der Waals surface area contributed by atoms with Crippen LogP contribution in [0.3, 0.4) is 0 Å². The highest BCUT2D eigenvalue weighted by molar-refractivity contribution is 5.88. The molecule has 4 nitrogen and oxygen atoms in total. The highest BCUT2D eigenvalue weighted by atomic mass is 16.4. The van der Waals surface area contributed by atoms with E-state index in [4.69, 9.17) is 5.11 Å². The summed E-state index contributed by atoms with van der Waals surface area (Å²) in [6.45, 7) is 9.24. The fourth-order valence-corrected chi connectivity index (χ4v) is 2.58. The molecule has 1 amide bonds. The SMILES string of the molecule is CC(C)CC(C)(C)CNC(=O)Cc1cccc(C(=O)O)c1. The number of carbonyl (C=O) groups is 2. The number of carboxylic acids is 1. The highest BCUT2D eigenvalue weighted by Crippen LogP contribution is 2.24. The predicted molar refractivity (Wildman–Crippen MR) is 83.4 cm³/mol. The van der Waals surface area contributed by atoms with Gasteiger partial charge in [0.1, 0.15) is 0 Å². The van der Waals surface area contributed by atoms with Crippen molar-refractivity contribution in [1.29, 1.82) is 0 Å². The number of aromatic carboxylic acids is 1. The van der Waals surface area contributed by atoms with Gasteiger partial charge in [0.2, 0.25) is 5.91 Å². The van der Waals surface area contributed by atoms with Crippen LogP contribution in [0.25, 0.3) is 0 Å². The molecule has 1 rings (SSSR count). The minimum absolute atomic E-state index is 0.0622. The Morgan fingerprint density at radius 3 is 2.52 bits per heavy atom. The van der Waals surface area contributed by atoms with Gasteiger partial charge < -0.3 is 10.4 Å². The second kappa shape index (κ2) is 7.25. The lowest BCUT2D eigenvalue weighted by Crippen LogP contribution is -2.35. The summed E-state index contributed by atoms with van der Waals surface area (Å²) in [6, 6.07) is 6.50. The molecule has 1 aromatic rings. The smallest absolute Gasteiger partial charge is 0.335 e. The van der Waals surface area contributed by atoms with Crippen LogP contribution in [0.5, 0.6) is 0 Å². The second-order valence-corrected chi connectivity index (χ2v) is 6.72. The number of rotatable bonds is 7. The number of hydrogen-bond donors (Lipinski definition) is 2. The predicted octanol–water partition coefficient (Wildman–Crippen LogP) is 3.12. The van der Waals surface area contributed by atoms with E-state index in [1.807, 2.05) is 0 Å². The van der Waals surface area contributed by atoms with E-state index in [1.54, 1.807) is 18.2 Å². The molecule has 2 N–H and O–H groups in total. The van der Waals surface area contributed by atoms with Crippen LogP contribution in [0.15, 0.2) is 24.3 Å². The quantitative estimate of drug-likeness (QED) is 0.811. The van der Waals surface area contributed by atoms with Crippen LogP contribution in [0.2, 0.25) is 0 Å². The standard InChI is InChI=1S/C17H25NO3/c1-12(2)10-17(3,4)11-18-15(19)9-13-6-5-7-14(8-13)16(20)21/h5-8,12H,9-11H2,1-4H3,(H,18,19)(H,20,21). The van der Waals surface area contributed by atoms with E-state index in [2.05, 4.69) is 33.0 Å². The third kappa shape index (κ3) is 6.43. The molecule has 0 saturated carbocycles. The van der Waals surface area contributed by atoms with Crippen LogP contribution in [0.1, 0.15) is 50.0 Å². The molecule has 21 heavy (non-hydrogen) atoms. The molecular formula is C17H25NO3. The van der Waals surface area contributed by atoms with Crippen molar-refractivity contribution in [3.63, 3.8) is 0 Å². The molecule has 4 heteroatoms. The Kier molecular flexibility index (Phi) is 5.94. The lowest BCUT2D eigenvalue weighted by molar-refractivity contribution is -0.120. The van der Waals surface area contributed by atoms with Gasteiger partial charge in [-0.25, -0.2) is 4.79 Å². The number of amides is 1. The highest BCUT2D eigenvalue weighted by Gasteiger charge is 2.20. The molecule has 0 aliphatic heterocycles. The Labute approximate surface area is 126 Å². The Bertz CT molecular complexity index is 507. The molecule has 0 spiro atoms. The maximum absolute atomic E-state index is 12.0. The zero-order valence-corrected chi connectivity index (χ0v) is 13.3. The van der Waals surface area contributed by atoms with E-state index >= 15 is 0 Å². The van der Waals surface area contributed by atoms with Gasteiger partial charge in [-0.2, -0.15) is 0 Å². The molecule has 0 heterocycles. The van der Waals surface area contributed by atoms with E-state index < -0.39 is 5.97 Å². The molecule has 1 aromatic carbocycles. The van der Waals surface area contributed by atoms with Gasteiger partial charge >= 0.3 is 5.97 Å². The maximum atomic E-state index is 12.0. The Morgan fingerprint density at radius 2 is 1.95 bits per heavy atom. The number of carbonyl (C=O) groups excluding carboxylic acids is 1. The van der Waals surface area contributed by atoms with Gasteiger partial charge in [0.15, 0.2) is 0 Å². The third-order valence-corrected chi connectivity index (χ3v) is 3.26. The van der Waals surface area contributed by atoms with Crippen molar-refractivity contribution in [3.8, 4) is 0 Å². The molecule has 0 unspecified atom stereocenters. The monoisotopic (exact) mass is 291 g/mol. The molecule has 0 bridgehead atoms. The fourth-order valence-electron chi connectivity index (χ4n) is 2.58. The van der Waals surface area contributed by atoms with Crippen LogP contribution in [-0.2, 0) is 11.2 Å². The van der Waals surface area contributed by atoms with Crippen molar-refractivity contribution in [2.24, 2.45) is 11.3 Å². The third-order valence-electron chi connectivity index (χ3n) is 3.26. The van der Waals surface area contributed by atoms with Crippen LogP contribution in [-0.4, -0.2) is 23.5 Å². The summed E-state index contributed by atoms with van der Waals surface area (Å²) in [5.41, 5.74) is 0.988. The molecule has 0 fully saturated rings.